The number of nitrogens with zero attached hydrogens (tertiary/aromatic N) is 1. The topological polar surface area (TPSA) is 50.4 Å². The summed E-state index contributed by atoms with van der Waals surface area (Å²) < 4.78 is 0.204. The Morgan fingerprint density at radius 2 is 1.88 bits per heavy atom. The van der Waals surface area contributed by atoms with Crippen molar-refractivity contribution in [3.63, 3.8) is 0 Å². The molecule has 0 bridgehead atoms. The van der Waals surface area contributed by atoms with Crippen LogP contribution in [-0.4, -0.2) is 10.3 Å². The molecule has 0 aliphatic heterocycles. The normalized spacial score (nSPS) is 11.5. The Hall–Kier alpha value is -1.59. The van der Waals surface area contributed by atoms with Crippen molar-refractivity contribution in [2.45, 2.75) is 0 Å². The van der Waals surface area contributed by atoms with Crippen LogP contribution in [0.4, 0.5) is 5.69 Å². The van der Waals surface area contributed by atoms with Gasteiger partial charge in [0.05, 0.1) is 0 Å². The van der Waals surface area contributed by atoms with Gasteiger partial charge in [-0.15, -0.1) is 12.6 Å². The van der Waals surface area contributed by atoms with Crippen LogP contribution in [0.25, 0.3) is 10.8 Å². The number of nitrogens with two attached hydrogens (primary N) is 1. The van der Waals surface area contributed by atoms with E-state index in [2.05, 4.69) is 22.9 Å². The first-order valence-corrected chi connectivity index (χ1v) is 5.84. The van der Waals surface area contributed by atoms with Crippen molar-refractivity contribution in [2.75, 3.05) is 5.32 Å². The number of nitrogens with one attached hydrogen (secondary N) is 1. The molecule has 0 aromatic heterocycles. The maximum absolute atomic E-state index is 5.70. The third kappa shape index (κ3) is 2.95. The molecule has 0 aliphatic rings. The molecule has 17 heavy (non-hydrogen) atoms. The highest BCUT2D eigenvalue weighted by atomic mass is 32.1. The molecule has 2 aromatic carbocycles. The van der Waals surface area contributed by atoms with Gasteiger partial charge in [0.2, 0.25) is 0 Å². The first-order valence-electron chi connectivity index (χ1n) is 4.98. The molecule has 0 unspecified atom stereocenters. The third-order valence-electron chi connectivity index (χ3n) is 2.27. The van der Waals surface area contributed by atoms with Crippen molar-refractivity contribution < 1.29 is 0 Å². The Balaban J connectivity index is 2.39. The summed E-state index contributed by atoms with van der Waals surface area (Å²) in [6, 6.07) is 14.0. The molecule has 2 aromatic rings. The van der Waals surface area contributed by atoms with Gasteiger partial charge < -0.3 is 11.1 Å². The Morgan fingerprint density at radius 3 is 2.65 bits per heavy atom. The molecule has 3 N–H and O–H groups in total. The van der Waals surface area contributed by atoms with Gasteiger partial charge in [-0.2, -0.15) is 4.99 Å². The molecule has 0 radical (unpaired) electrons. The maximum Gasteiger partial charge on any atom is 0.199 e. The monoisotopic (exact) mass is 261 g/mol. The highest BCUT2D eigenvalue weighted by Crippen LogP contribution is 2.22. The molecule has 0 spiro atoms. The van der Waals surface area contributed by atoms with E-state index >= 15 is 0 Å². The van der Waals surface area contributed by atoms with Crippen molar-refractivity contribution in [1.29, 1.82) is 0 Å². The molecule has 86 valence electrons. The summed E-state index contributed by atoms with van der Waals surface area (Å²) in [4.78, 5) is 3.86. The quantitative estimate of drug-likeness (QED) is 0.320. The van der Waals surface area contributed by atoms with E-state index in [-0.39, 0.29) is 10.3 Å². The molecule has 0 heterocycles. The van der Waals surface area contributed by atoms with Gasteiger partial charge in [-0.1, -0.05) is 48.6 Å². The zero-order valence-electron chi connectivity index (χ0n) is 8.92. The van der Waals surface area contributed by atoms with Gasteiger partial charge in [0.15, 0.2) is 10.3 Å². The summed E-state index contributed by atoms with van der Waals surface area (Å²) >= 11 is 8.64. The lowest BCUT2D eigenvalue weighted by atomic mass is 10.1. The van der Waals surface area contributed by atoms with Crippen LogP contribution >= 0.6 is 24.8 Å². The number of hydrogen-bond donors (Lipinski definition) is 3. The fourth-order valence-corrected chi connectivity index (χ4v) is 1.81. The van der Waals surface area contributed by atoms with E-state index in [1.54, 1.807) is 0 Å². The first-order chi connectivity index (χ1) is 8.16. The average molecular weight is 261 g/mol. The van der Waals surface area contributed by atoms with Gasteiger partial charge in [0.25, 0.3) is 0 Å². The van der Waals surface area contributed by atoms with Crippen LogP contribution in [0, 0.1) is 0 Å². The minimum Gasteiger partial charge on any atom is -0.369 e. The predicted octanol–water partition coefficient (Wildman–Crippen LogP) is 2.78. The van der Waals surface area contributed by atoms with Crippen molar-refractivity contribution >= 4 is 51.6 Å². The lowest BCUT2D eigenvalue weighted by molar-refractivity contribution is 1.54. The Bertz CT molecular complexity index is 588. The zero-order valence-corrected chi connectivity index (χ0v) is 10.6. The molecule has 0 atom stereocenters. The van der Waals surface area contributed by atoms with Gasteiger partial charge in [0, 0.05) is 11.1 Å². The van der Waals surface area contributed by atoms with Gasteiger partial charge in [-0.05, 0) is 11.5 Å². The molecule has 0 saturated carbocycles. The summed E-state index contributed by atoms with van der Waals surface area (Å²) in [6.45, 7) is 0. The number of thiocarbonyl (C=S) groups is 1. The van der Waals surface area contributed by atoms with E-state index in [9.17, 15) is 0 Å². The highest BCUT2D eigenvalue weighted by Gasteiger charge is 2.01. The van der Waals surface area contributed by atoms with Crippen molar-refractivity contribution in [3.05, 3.63) is 42.5 Å². The molecular weight excluding hydrogens is 250 g/mol. The van der Waals surface area contributed by atoms with Gasteiger partial charge in [0.1, 0.15) is 0 Å². The molecule has 2 rings (SSSR count). The van der Waals surface area contributed by atoms with Crippen LogP contribution in [-0.2, 0) is 0 Å². The fourth-order valence-electron chi connectivity index (χ4n) is 1.60. The Labute approximate surface area is 110 Å². The van der Waals surface area contributed by atoms with Gasteiger partial charge in [-0.25, -0.2) is 0 Å². The minimum absolute atomic E-state index is 0.204. The number of rotatable bonds is 1. The zero-order chi connectivity index (χ0) is 12.3. The van der Waals surface area contributed by atoms with E-state index in [0.717, 1.165) is 16.5 Å². The Morgan fingerprint density at radius 1 is 1.18 bits per heavy atom. The van der Waals surface area contributed by atoms with Gasteiger partial charge in [-0.3, -0.25) is 0 Å². The molecule has 0 aliphatic carbocycles. The molecule has 0 amide bonds. The summed E-state index contributed by atoms with van der Waals surface area (Å²) in [6.07, 6.45) is 0. The maximum atomic E-state index is 5.70. The average Bonchev–Trinajstić information content (AvgIpc) is 2.28. The number of anilines is 1. The van der Waals surface area contributed by atoms with E-state index in [1.807, 2.05) is 42.5 Å². The number of guanidine groups is 1. The second-order valence-corrected chi connectivity index (χ2v) is 4.54. The van der Waals surface area contributed by atoms with Crippen molar-refractivity contribution in [3.8, 4) is 0 Å². The summed E-state index contributed by atoms with van der Waals surface area (Å²) in [5.41, 5.74) is 6.60. The number of thiol groups is 1. The predicted molar refractivity (Wildman–Crippen MR) is 80.8 cm³/mol. The van der Waals surface area contributed by atoms with Crippen LogP contribution in [0.1, 0.15) is 0 Å². The third-order valence-corrected chi connectivity index (χ3v) is 2.46. The van der Waals surface area contributed by atoms with E-state index in [0.29, 0.717) is 0 Å². The first kappa shape index (κ1) is 11.9. The van der Waals surface area contributed by atoms with Crippen LogP contribution < -0.4 is 11.1 Å². The summed E-state index contributed by atoms with van der Waals surface area (Å²) in [5, 5.41) is 5.23. The largest absolute Gasteiger partial charge is 0.369 e. The molecular formula is C12H11N3S2. The molecule has 3 nitrogen and oxygen atoms in total. The highest BCUT2D eigenvalue weighted by molar-refractivity contribution is 8.11. The van der Waals surface area contributed by atoms with E-state index in [1.165, 1.54) is 0 Å². The van der Waals surface area contributed by atoms with Crippen LogP contribution in [0.2, 0.25) is 0 Å². The van der Waals surface area contributed by atoms with E-state index in [4.69, 9.17) is 18.0 Å². The van der Waals surface area contributed by atoms with Crippen LogP contribution in [0.3, 0.4) is 0 Å². The second-order valence-electron chi connectivity index (χ2n) is 3.43. The summed E-state index contributed by atoms with van der Waals surface area (Å²) in [7, 11) is 0. The number of hydrogen-bond acceptors (Lipinski definition) is 1. The van der Waals surface area contributed by atoms with Crippen LogP contribution in [0.5, 0.6) is 0 Å². The lowest BCUT2D eigenvalue weighted by Gasteiger charge is -2.08. The number of aliphatic imine (C=N–C) groups is 1. The van der Waals surface area contributed by atoms with Crippen molar-refractivity contribution in [2.24, 2.45) is 10.7 Å². The van der Waals surface area contributed by atoms with Crippen molar-refractivity contribution in [1.82, 2.24) is 0 Å². The lowest BCUT2D eigenvalue weighted by Crippen LogP contribution is -2.23. The van der Waals surface area contributed by atoms with Gasteiger partial charge >= 0.3 is 0 Å². The molecule has 0 fully saturated rings. The second kappa shape index (κ2) is 5.16. The SMILES string of the molecule is NC(=NC(=S)S)Nc1cccc2ccccc12. The number of benzene rings is 2. The number of fused-ring (bicyclic) bond motifs is 1. The smallest absolute Gasteiger partial charge is 0.199 e. The van der Waals surface area contributed by atoms with Crippen LogP contribution in [0.15, 0.2) is 47.5 Å². The standard InChI is InChI=1S/C12H11N3S2/c13-11(15-12(16)17)14-10-7-3-5-8-4-1-2-6-9(8)10/h1-7H,(H4,13,14,15,16,17). The van der Waals surface area contributed by atoms with E-state index < -0.39 is 0 Å². The molecule has 5 heteroatoms. The fraction of sp³-hybridized carbons (Fsp3) is 0. The molecule has 0 saturated heterocycles. The minimum atomic E-state index is 0.204. The Kier molecular flexibility index (Phi) is 3.61. The summed E-state index contributed by atoms with van der Waals surface area (Å²) in [5.74, 6) is 0.237.